The van der Waals surface area contributed by atoms with Crippen molar-refractivity contribution in [1.82, 2.24) is 9.88 Å². The highest BCUT2D eigenvalue weighted by Crippen LogP contribution is 2.43. The Morgan fingerprint density at radius 2 is 1.79 bits per heavy atom. The molecule has 204 valence electrons. The molecule has 0 bridgehead atoms. The molecule has 2 aromatic carbocycles. The van der Waals surface area contributed by atoms with Gasteiger partial charge in [-0.1, -0.05) is 32.0 Å². The summed E-state index contributed by atoms with van der Waals surface area (Å²) in [5.74, 6) is 1.19. The molecule has 0 saturated carbocycles. The van der Waals surface area contributed by atoms with Crippen LogP contribution in [0.15, 0.2) is 42.5 Å². The van der Waals surface area contributed by atoms with Crippen LogP contribution in [-0.2, 0) is 4.79 Å². The molecule has 2 N–H and O–H groups in total. The molecule has 2 aliphatic rings. The number of quaternary nitrogens is 1. The number of amides is 2. The third-order valence-electron chi connectivity index (χ3n) is 8.04. The average Bonchev–Trinajstić information content (AvgIpc) is 3.59. The predicted molar refractivity (Wildman–Crippen MR) is 154 cm³/mol. The van der Waals surface area contributed by atoms with Crippen LogP contribution in [0.3, 0.4) is 0 Å². The van der Waals surface area contributed by atoms with E-state index >= 15 is 0 Å². The number of benzene rings is 2. The van der Waals surface area contributed by atoms with E-state index in [9.17, 15) is 9.59 Å². The second-order valence-electron chi connectivity index (χ2n) is 10.2. The van der Waals surface area contributed by atoms with Gasteiger partial charge in [0.2, 0.25) is 0 Å². The first-order valence-corrected chi connectivity index (χ1v) is 13.6. The third kappa shape index (κ3) is 4.86. The first-order valence-electron chi connectivity index (χ1n) is 13.6. The number of anilines is 1. The Hall–Kier alpha value is -3.88. The molecule has 1 saturated heterocycles. The number of hydrogen-bond donors (Lipinski definition) is 2. The van der Waals surface area contributed by atoms with Gasteiger partial charge in [0, 0.05) is 46.4 Å². The lowest BCUT2D eigenvalue weighted by atomic mass is 9.96. The van der Waals surface area contributed by atoms with Gasteiger partial charge in [0.1, 0.15) is 30.2 Å². The van der Waals surface area contributed by atoms with Crippen molar-refractivity contribution in [1.29, 1.82) is 0 Å². The molecular weight excluding hydrogens is 492 g/mol. The van der Waals surface area contributed by atoms with E-state index in [1.165, 1.54) is 0 Å². The molecule has 3 heterocycles. The first-order chi connectivity index (χ1) is 18.9. The van der Waals surface area contributed by atoms with E-state index in [1.54, 1.807) is 14.2 Å². The summed E-state index contributed by atoms with van der Waals surface area (Å²) in [6.07, 6.45) is 1.85. The normalized spacial score (nSPS) is 16.4. The van der Waals surface area contributed by atoms with Crippen molar-refractivity contribution in [2.24, 2.45) is 0 Å². The van der Waals surface area contributed by atoms with E-state index in [4.69, 9.17) is 9.47 Å². The number of carbonyl (C=O) groups excluding carboxylic acids is 2. The van der Waals surface area contributed by atoms with Crippen LogP contribution in [0.4, 0.5) is 5.69 Å². The molecule has 0 unspecified atom stereocenters. The standard InChI is InChI=1S/C31H36N4O4/c1-6-34(7-2)14-15-35(16-17-35)31(37)28-20(3)32-26(19-24-22-10-8-9-11-25(22)33-30(24)36)29(28)23-13-12-21(38-4)18-27(23)39-5/h8-13,18-19H,6-7,14-17H2,1-5H3,(H-,32,33,36,37)/p+1. The molecule has 0 aliphatic carbocycles. The number of ether oxygens (including phenoxy) is 2. The van der Waals surface area contributed by atoms with Crippen LogP contribution >= 0.6 is 0 Å². The monoisotopic (exact) mass is 529 g/mol. The van der Waals surface area contributed by atoms with Gasteiger partial charge in [-0.2, -0.15) is 0 Å². The number of nitrogens with one attached hydrogen (secondary N) is 2. The number of aromatic amines is 1. The highest BCUT2D eigenvalue weighted by atomic mass is 16.5. The second-order valence-corrected chi connectivity index (χ2v) is 10.2. The van der Waals surface area contributed by atoms with Crippen molar-refractivity contribution in [3.63, 3.8) is 0 Å². The van der Waals surface area contributed by atoms with E-state index in [0.717, 1.165) is 67.3 Å². The number of rotatable bonds is 10. The Balaban J connectivity index is 1.66. The van der Waals surface area contributed by atoms with Gasteiger partial charge in [0.05, 0.1) is 26.3 Å². The van der Waals surface area contributed by atoms with Crippen LogP contribution in [0.2, 0.25) is 0 Å². The molecule has 1 aromatic heterocycles. The van der Waals surface area contributed by atoms with E-state index < -0.39 is 0 Å². The predicted octanol–water partition coefficient (Wildman–Crippen LogP) is 4.81. The number of carbonyl (C=O) groups is 2. The maximum atomic E-state index is 14.3. The summed E-state index contributed by atoms with van der Waals surface area (Å²) in [7, 11) is 3.22. The number of fused-ring (bicyclic) bond motifs is 1. The summed E-state index contributed by atoms with van der Waals surface area (Å²) in [5, 5.41) is 2.94. The highest BCUT2D eigenvalue weighted by Gasteiger charge is 2.51. The molecule has 39 heavy (non-hydrogen) atoms. The van der Waals surface area contributed by atoms with Crippen LogP contribution in [-0.4, -0.2) is 79.7 Å². The molecular formula is C31H37N4O4+. The van der Waals surface area contributed by atoms with Crippen molar-refractivity contribution in [3.05, 3.63) is 65.0 Å². The number of nitrogens with zero attached hydrogens (tertiary/aromatic N) is 2. The highest BCUT2D eigenvalue weighted by molar-refractivity contribution is 6.35. The molecule has 0 atom stereocenters. The summed E-state index contributed by atoms with van der Waals surface area (Å²) in [4.78, 5) is 33.1. The fourth-order valence-electron chi connectivity index (χ4n) is 5.49. The number of para-hydroxylation sites is 1. The Labute approximate surface area is 229 Å². The van der Waals surface area contributed by atoms with Crippen molar-refractivity contribution in [3.8, 4) is 22.6 Å². The lowest BCUT2D eigenvalue weighted by Gasteiger charge is -2.22. The second kappa shape index (κ2) is 10.7. The number of aryl methyl sites for hydroxylation is 1. The molecule has 0 radical (unpaired) electrons. The number of H-pyrrole nitrogens is 1. The summed E-state index contributed by atoms with van der Waals surface area (Å²) in [6, 6.07) is 13.2. The Morgan fingerprint density at radius 1 is 1.05 bits per heavy atom. The van der Waals surface area contributed by atoms with Crippen molar-refractivity contribution in [2.45, 2.75) is 20.8 Å². The van der Waals surface area contributed by atoms with Gasteiger partial charge < -0.3 is 19.8 Å². The quantitative estimate of drug-likeness (QED) is 0.224. The Morgan fingerprint density at radius 3 is 2.46 bits per heavy atom. The van der Waals surface area contributed by atoms with Gasteiger partial charge in [-0.05, 0) is 44.3 Å². The van der Waals surface area contributed by atoms with Crippen molar-refractivity contribution < 1.29 is 23.5 Å². The smallest absolute Gasteiger partial charge is 0.348 e. The number of hydrogen-bond acceptors (Lipinski definition) is 5. The molecule has 3 aromatic rings. The van der Waals surface area contributed by atoms with Gasteiger partial charge >= 0.3 is 5.91 Å². The average molecular weight is 530 g/mol. The van der Waals surface area contributed by atoms with Crippen LogP contribution in [0.5, 0.6) is 11.5 Å². The molecule has 8 nitrogen and oxygen atoms in total. The maximum absolute atomic E-state index is 14.3. The van der Waals surface area contributed by atoms with Gasteiger partial charge in [-0.3, -0.25) is 9.69 Å². The lowest BCUT2D eigenvalue weighted by Crippen LogP contribution is -2.41. The first kappa shape index (κ1) is 26.7. The Bertz CT molecular complexity index is 1450. The largest absolute Gasteiger partial charge is 0.497 e. The third-order valence-corrected chi connectivity index (χ3v) is 8.04. The van der Waals surface area contributed by atoms with Gasteiger partial charge in [-0.15, -0.1) is 0 Å². The SMILES string of the molecule is CCN(CC)CC[N+]1(C(=O)c2c(C)[nH]c(/C=C3\C(=O)Nc4ccccc43)c2-c2ccc(OC)cc2OC)CC1. The summed E-state index contributed by atoms with van der Waals surface area (Å²) in [5.41, 5.74) is 5.81. The van der Waals surface area contributed by atoms with Crippen LogP contribution < -0.4 is 14.8 Å². The molecule has 2 amide bonds. The molecule has 2 aliphatic heterocycles. The summed E-state index contributed by atoms with van der Waals surface area (Å²) < 4.78 is 11.6. The zero-order valence-corrected chi connectivity index (χ0v) is 23.4. The number of aromatic nitrogens is 1. The fourth-order valence-corrected chi connectivity index (χ4v) is 5.49. The maximum Gasteiger partial charge on any atom is 0.348 e. The molecule has 0 spiro atoms. The Kier molecular flexibility index (Phi) is 7.34. The van der Waals surface area contributed by atoms with Gasteiger partial charge in [0.15, 0.2) is 0 Å². The minimum absolute atomic E-state index is 0.102. The van der Waals surface area contributed by atoms with Crippen LogP contribution in [0.25, 0.3) is 22.8 Å². The fraction of sp³-hybridized carbons (Fsp3) is 0.355. The van der Waals surface area contributed by atoms with Crippen molar-refractivity contribution in [2.75, 3.05) is 58.8 Å². The minimum Gasteiger partial charge on any atom is -0.497 e. The zero-order chi connectivity index (χ0) is 27.7. The van der Waals surface area contributed by atoms with E-state index in [1.807, 2.05) is 55.5 Å². The molecule has 1 fully saturated rings. The number of methoxy groups -OCH3 is 2. The summed E-state index contributed by atoms with van der Waals surface area (Å²) >= 11 is 0. The topological polar surface area (TPSA) is 83.7 Å². The number of likely N-dealkylation sites (N-methyl/N-ethyl adjacent to an activating group) is 1. The van der Waals surface area contributed by atoms with Crippen LogP contribution in [0, 0.1) is 6.92 Å². The molecule has 8 heteroatoms. The minimum atomic E-state index is -0.169. The molecule has 5 rings (SSSR count). The van der Waals surface area contributed by atoms with E-state index in [-0.39, 0.29) is 11.8 Å². The summed E-state index contributed by atoms with van der Waals surface area (Å²) in [6.45, 7) is 11.5. The lowest BCUT2D eigenvalue weighted by molar-refractivity contribution is -0.710. The van der Waals surface area contributed by atoms with Crippen molar-refractivity contribution >= 4 is 29.2 Å². The zero-order valence-electron chi connectivity index (χ0n) is 23.4. The van der Waals surface area contributed by atoms with Gasteiger partial charge in [0.25, 0.3) is 5.91 Å². The van der Waals surface area contributed by atoms with E-state index in [2.05, 4.69) is 29.0 Å². The van der Waals surface area contributed by atoms with Gasteiger partial charge in [-0.25, -0.2) is 9.28 Å². The van der Waals surface area contributed by atoms with E-state index in [0.29, 0.717) is 32.8 Å². The van der Waals surface area contributed by atoms with Crippen LogP contribution in [0.1, 0.15) is 41.2 Å².